The molecule has 12 heteroatoms. The van der Waals surface area contributed by atoms with Crippen LogP contribution < -0.4 is 0 Å². The molecule has 9 nitrogen and oxygen atoms in total. The van der Waals surface area contributed by atoms with Gasteiger partial charge in [0.15, 0.2) is 11.7 Å². The first kappa shape index (κ1) is 23.2. The summed E-state index contributed by atoms with van der Waals surface area (Å²) >= 11 is 1.04. The van der Waals surface area contributed by atoms with Gasteiger partial charge in [-0.1, -0.05) is 30.2 Å². The number of fused-ring (bicyclic) bond motifs is 1. The molecular formula is C13H14N5O4PtS2-3. The molecule has 0 atom stereocenters. The minimum absolute atomic E-state index is 0. The van der Waals surface area contributed by atoms with E-state index in [1.54, 1.807) is 12.1 Å². The van der Waals surface area contributed by atoms with Crippen LogP contribution in [-0.2, 0) is 35.9 Å². The van der Waals surface area contributed by atoms with Crippen molar-refractivity contribution in [2.24, 2.45) is 0 Å². The Morgan fingerprint density at radius 2 is 1.96 bits per heavy atom. The van der Waals surface area contributed by atoms with E-state index in [2.05, 4.69) is 10.3 Å². The van der Waals surface area contributed by atoms with Crippen LogP contribution in [0.3, 0.4) is 0 Å². The van der Waals surface area contributed by atoms with E-state index in [4.69, 9.17) is 0 Å². The van der Waals surface area contributed by atoms with Crippen LogP contribution in [0.15, 0.2) is 46.4 Å². The summed E-state index contributed by atoms with van der Waals surface area (Å²) in [6.07, 6.45) is 1.46. The third-order valence-corrected chi connectivity index (χ3v) is 5.94. The Kier molecular flexibility index (Phi) is 7.93. The quantitative estimate of drug-likeness (QED) is 0.587. The number of thiophene rings is 1. The van der Waals surface area contributed by atoms with Crippen LogP contribution in [-0.4, -0.2) is 35.8 Å². The van der Waals surface area contributed by atoms with E-state index in [1.165, 1.54) is 30.8 Å². The first-order valence-corrected chi connectivity index (χ1v) is 8.42. The Morgan fingerprint density at radius 1 is 1.28 bits per heavy atom. The van der Waals surface area contributed by atoms with Crippen molar-refractivity contribution in [3.63, 3.8) is 0 Å². The fraction of sp³-hybridized carbons (Fsp3) is 0.0769. The zero-order valence-corrected chi connectivity index (χ0v) is 16.7. The molecule has 5 N–H and O–H groups in total. The number of sulfonamides is 1. The second kappa shape index (κ2) is 8.54. The molecule has 0 spiro atoms. The molecule has 0 aromatic carbocycles. The maximum atomic E-state index is 12.4. The summed E-state index contributed by atoms with van der Waals surface area (Å²) in [6.45, 7) is 0. The van der Waals surface area contributed by atoms with Gasteiger partial charge in [-0.3, -0.25) is 9.10 Å². The molecule has 0 bridgehead atoms. The van der Waals surface area contributed by atoms with E-state index in [9.17, 15) is 18.3 Å². The Balaban J connectivity index is 0.00000192. The van der Waals surface area contributed by atoms with E-state index < -0.39 is 21.7 Å². The zero-order chi connectivity index (χ0) is 15.9. The van der Waals surface area contributed by atoms with Gasteiger partial charge in [-0.15, -0.1) is 11.3 Å². The van der Waals surface area contributed by atoms with Gasteiger partial charge in [0.25, 0.3) is 10.0 Å². The summed E-state index contributed by atoms with van der Waals surface area (Å²) in [7, 11) is -2.67. The Labute approximate surface area is 163 Å². The van der Waals surface area contributed by atoms with E-state index in [-0.39, 0.29) is 54.7 Å². The monoisotopic (exact) mass is 563 g/mol. The van der Waals surface area contributed by atoms with Gasteiger partial charge in [-0.25, -0.2) is 8.42 Å². The molecule has 2 aromatic rings. The molecule has 0 fully saturated rings. The second-order valence-electron chi connectivity index (χ2n) is 4.39. The number of aliphatic hydroxyl groups is 1. The summed E-state index contributed by atoms with van der Waals surface area (Å²) in [5.74, 6) is -1.14. The molecule has 140 valence electrons. The van der Waals surface area contributed by atoms with Gasteiger partial charge in [0.05, 0.1) is 4.88 Å². The van der Waals surface area contributed by atoms with Gasteiger partial charge in [-0.05, 0) is 11.4 Å². The van der Waals surface area contributed by atoms with Crippen LogP contribution in [0.25, 0.3) is 23.4 Å². The average Bonchev–Trinajstić information content (AvgIpc) is 2.97. The number of amides is 1. The number of carbonyl (C=O) groups excluding carboxylic acids is 1. The number of aliphatic hydroxyl groups excluding tert-OH is 1. The number of pyridine rings is 1. The van der Waals surface area contributed by atoms with Gasteiger partial charge >= 0.3 is 0 Å². The fourth-order valence-corrected chi connectivity index (χ4v) is 4.56. The van der Waals surface area contributed by atoms with E-state index in [0.29, 0.717) is 0 Å². The normalized spacial score (nSPS) is 14.4. The van der Waals surface area contributed by atoms with Crippen molar-refractivity contribution in [3.8, 4) is 0 Å². The minimum atomic E-state index is -3.87. The predicted octanol–water partition coefficient (Wildman–Crippen LogP) is 3.67. The SMILES string of the molecule is CN1C(C(=O)[N-]c2ccccn2)=C(O)c2sccc2S1(=O)=O.[NH2-].[NH2-].[Pt]. The van der Waals surface area contributed by atoms with Crippen LogP contribution in [0.1, 0.15) is 4.88 Å². The number of nitrogens with two attached hydrogens (primary N) is 2. The van der Waals surface area contributed by atoms with Crippen molar-refractivity contribution in [2.75, 3.05) is 7.05 Å². The summed E-state index contributed by atoms with van der Waals surface area (Å²) in [6, 6.07) is 6.20. The van der Waals surface area contributed by atoms with Gasteiger partial charge in [0.1, 0.15) is 10.6 Å². The van der Waals surface area contributed by atoms with E-state index in [0.717, 1.165) is 15.6 Å². The smallest absolute Gasteiger partial charge is 0.265 e. The Hall–Kier alpha value is -1.78. The molecule has 1 amide bonds. The number of aromatic nitrogens is 1. The van der Waals surface area contributed by atoms with Crippen molar-refractivity contribution in [1.29, 1.82) is 0 Å². The van der Waals surface area contributed by atoms with Crippen molar-refractivity contribution >= 4 is 38.8 Å². The first-order chi connectivity index (χ1) is 10.4. The second-order valence-corrected chi connectivity index (χ2v) is 7.24. The molecule has 0 unspecified atom stereocenters. The van der Waals surface area contributed by atoms with Gasteiger partial charge < -0.3 is 27.7 Å². The largest absolute Gasteiger partial charge is 0.693 e. The summed E-state index contributed by atoms with van der Waals surface area (Å²) < 4.78 is 25.5. The van der Waals surface area contributed by atoms with E-state index in [1.807, 2.05) is 0 Å². The number of likely N-dealkylation sites (N-methyl/N-ethyl adjacent to an activating group) is 1. The molecule has 25 heavy (non-hydrogen) atoms. The molecule has 0 saturated heterocycles. The van der Waals surface area contributed by atoms with Crippen molar-refractivity contribution < 1.29 is 39.4 Å². The molecule has 2 aromatic heterocycles. The number of carbonyl (C=O) groups is 1. The van der Waals surface area contributed by atoms with Crippen LogP contribution in [0.2, 0.25) is 0 Å². The molecule has 3 heterocycles. The summed E-state index contributed by atoms with van der Waals surface area (Å²) in [4.78, 5) is 16.3. The minimum Gasteiger partial charge on any atom is -0.693 e. The van der Waals surface area contributed by atoms with Crippen LogP contribution in [0, 0.1) is 0 Å². The Morgan fingerprint density at radius 3 is 2.56 bits per heavy atom. The predicted molar refractivity (Wildman–Crippen MR) is 91.6 cm³/mol. The number of nitrogens with zero attached hydrogens (tertiary/aromatic N) is 3. The fourth-order valence-electron chi connectivity index (χ4n) is 2.01. The maximum absolute atomic E-state index is 12.4. The maximum Gasteiger partial charge on any atom is 0.265 e. The molecule has 0 radical (unpaired) electrons. The van der Waals surface area contributed by atoms with Crippen molar-refractivity contribution in [2.45, 2.75) is 4.90 Å². The van der Waals surface area contributed by atoms with Crippen LogP contribution >= 0.6 is 11.3 Å². The molecule has 3 rings (SSSR count). The molecule has 0 saturated carbocycles. The average molecular weight is 563 g/mol. The summed E-state index contributed by atoms with van der Waals surface area (Å²) in [5, 5.41) is 15.5. The number of hydrogen-bond acceptors (Lipinski definition) is 6. The number of rotatable bonds is 2. The number of hydrogen-bond donors (Lipinski definition) is 1. The van der Waals surface area contributed by atoms with Crippen molar-refractivity contribution in [3.05, 3.63) is 64.0 Å². The molecular weight excluding hydrogens is 549 g/mol. The van der Waals surface area contributed by atoms with Crippen LogP contribution in [0.4, 0.5) is 5.82 Å². The molecule has 1 aliphatic heterocycles. The topological polar surface area (TPSA) is 169 Å². The Bertz CT molecular complexity index is 883. The standard InChI is InChI=1S/C13H11N3O4S2.2H2N.Pt/c1-16-10(13(18)15-9-4-2-3-6-14-9)11(17)12-8(5-7-21-12)22(16,19)20;;;/h2-7H,1H3,(H2,14,15,17,18);2*1H2;/q;2*-1;/p-1. The first-order valence-electron chi connectivity index (χ1n) is 6.10. The van der Waals surface area contributed by atoms with Crippen LogP contribution in [0.5, 0.6) is 0 Å². The summed E-state index contributed by atoms with van der Waals surface area (Å²) in [5.41, 5.74) is -0.388. The van der Waals surface area contributed by atoms with Gasteiger partial charge in [0.2, 0.25) is 0 Å². The van der Waals surface area contributed by atoms with Gasteiger partial charge in [0, 0.05) is 28.1 Å². The zero-order valence-electron chi connectivity index (χ0n) is 12.8. The third-order valence-electron chi connectivity index (χ3n) is 3.09. The molecule has 1 aliphatic rings. The van der Waals surface area contributed by atoms with E-state index >= 15 is 0 Å². The van der Waals surface area contributed by atoms with Crippen molar-refractivity contribution in [1.82, 2.24) is 9.29 Å². The van der Waals surface area contributed by atoms with Gasteiger partial charge in [-0.2, -0.15) is 0 Å². The molecule has 0 aliphatic carbocycles. The third kappa shape index (κ3) is 3.91.